The number of urea groups is 1. The van der Waals surface area contributed by atoms with Gasteiger partial charge in [-0.2, -0.15) is 0 Å². The highest BCUT2D eigenvalue weighted by Gasteiger charge is 2.36. The molecule has 2 aliphatic heterocycles. The summed E-state index contributed by atoms with van der Waals surface area (Å²) in [5, 5.41) is 2.88. The zero-order chi connectivity index (χ0) is 19.6. The molecule has 8 heteroatoms. The molecule has 3 rings (SSSR count). The Balaban J connectivity index is 1.94. The van der Waals surface area contributed by atoms with Crippen LogP contribution >= 0.6 is 15.9 Å². The third kappa shape index (κ3) is 3.90. The maximum Gasteiger partial charge on any atom is 0.338 e. The zero-order valence-corrected chi connectivity index (χ0v) is 17.2. The van der Waals surface area contributed by atoms with Crippen LogP contribution in [0.2, 0.25) is 0 Å². The summed E-state index contributed by atoms with van der Waals surface area (Å²) in [6, 6.07) is 2.63. The number of carbonyl (C=O) groups is 2. The molecule has 0 bridgehead atoms. The number of nitrogens with zero attached hydrogens (tertiary/aromatic N) is 1. The van der Waals surface area contributed by atoms with Gasteiger partial charge in [0.25, 0.3) is 0 Å². The minimum Gasteiger partial charge on any atom is -0.462 e. The molecule has 0 aromatic heterocycles. The van der Waals surface area contributed by atoms with Crippen LogP contribution in [0.25, 0.3) is 0 Å². The fraction of sp³-hybridized carbons (Fsp3) is 0.474. The molecule has 2 amide bonds. The maximum atomic E-state index is 12.8. The highest BCUT2D eigenvalue weighted by atomic mass is 79.9. The lowest BCUT2D eigenvalue weighted by atomic mass is 9.94. The molecule has 1 aromatic carbocycles. The Morgan fingerprint density at radius 3 is 2.74 bits per heavy atom. The van der Waals surface area contributed by atoms with Crippen molar-refractivity contribution in [2.45, 2.75) is 39.2 Å². The van der Waals surface area contributed by atoms with Gasteiger partial charge in [-0.05, 0) is 31.0 Å². The number of hydrogen-bond acceptors (Lipinski definition) is 5. The number of fused-ring (bicyclic) bond motifs is 1. The summed E-state index contributed by atoms with van der Waals surface area (Å²) in [5.74, 6) is 0.772. The monoisotopic (exact) mass is 438 g/mol. The Morgan fingerprint density at radius 2 is 2.04 bits per heavy atom. The quantitative estimate of drug-likeness (QED) is 0.538. The van der Waals surface area contributed by atoms with Crippen molar-refractivity contribution in [1.29, 1.82) is 0 Å². The van der Waals surface area contributed by atoms with E-state index in [2.05, 4.69) is 28.2 Å². The van der Waals surface area contributed by atoms with E-state index in [4.69, 9.17) is 14.2 Å². The predicted molar refractivity (Wildman–Crippen MR) is 102 cm³/mol. The molecule has 0 saturated heterocycles. The van der Waals surface area contributed by atoms with E-state index in [1.807, 2.05) is 0 Å². The standard InChI is InChI=1S/C19H23BrN2O5/c1-4-5-6-7-25-18(23)16-11(2)22(3)19(24)21-17(16)12-8-14-15(9-13(12)20)27-10-26-14/h8-9,17H,4-7,10H2,1-3H3,(H,21,24)/t17-/m1/s1. The van der Waals surface area contributed by atoms with Gasteiger partial charge in [-0.15, -0.1) is 0 Å². The smallest absolute Gasteiger partial charge is 0.338 e. The second-order valence-corrected chi connectivity index (χ2v) is 7.36. The number of allylic oxidation sites excluding steroid dienone is 1. The maximum absolute atomic E-state index is 12.8. The van der Waals surface area contributed by atoms with E-state index in [0.717, 1.165) is 19.3 Å². The summed E-state index contributed by atoms with van der Waals surface area (Å²) >= 11 is 3.52. The Morgan fingerprint density at radius 1 is 1.33 bits per heavy atom. The molecule has 1 atom stereocenters. The average Bonchev–Trinajstić information content (AvgIpc) is 3.09. The van der Waals surface area contributed by atoms with Crippen LogP contribution in [0.1, 0.15) is 44.7 Å². The zero-order valence-electron chi connectivity index (χ0n) is 15.6. The number of esters is 1. The number of unbranched alkanes of at least 4 members (excludes halogenated alkanes) is 2. The van der Waals surface area contributed by atoms with Crippen LogP contribution in [0.3, 0.4) is 0 Å². The lowest BCUT2D eigenvalue weighted by molar-refractivity contribution is -0.139. The average molecular weight is 439 g/mol. The minimum absolute atomic E-state index is 0.145. The predicted octanol–water partition coefficient (Wildman–Crippen LogP) is 3.88. The molecule has 0 radical (unpaired) electrons. The highest BCUT2D eigenvalue weighted by molar-refractivity contribution is 9.10. The van der Waals surface area contributed by atoms with Crippen LogP contribution < -0.4 is 14.8 Å². The summed E-state index contributed by atoms with van der Waals surface area (Å²) in [6.07, 6.45) is 2.86. The second kappa shape index (κ2) is 8.21. The SMILES string of the molecule is CCCCCOC(=O)C1=C(C)N(C)C(=O)N[C@@H]1c1cc2c(cc1Br)OCO2. The van der Waals surface area contributed by atoms with Crippen molar-refractivity contribution in [3.8, 4) is 11.5 Å². The molecule has 1 aromatic rings. The molecule has 0 fully saturated rings. The number of ether oxygens (including phenoxy) is 3. The fourth-order valence-corrected chi connectivity index (χ4v) is 3.63. The molecular formula is C19H23BrN2O5. The van der Waals surface area contributed by atoms with E-state index in [1.54, 1.807) is 26.1 Å². The Labute approximate surface area is 166 Å². The van der Waals surface area contributed by atoms with Gasteiger partial charge in [0.1, 0.15) is 0 Å². The van der Waals surface area contributed by atoms with Crippen molar-refractivity contribution in [3.63, 3.8) is 0 Å². The second-order valence-electron chi connectivity index (χ2n) is 6.51. The number of amides is 2. The largest absolute Gasteiger partial charge is 0.462 e. The Hall–Kier alpha value is -2.22. The van der Waals surface area contributed by atoms with E-state index in [9.17, 15) is 9.59 Å². The van der Waals surface area contributed by atoms with Gasteiger partial charge in [0, 0.05) is 17.2 Å². The van der Waals surface area contributed by atoms with Crippen LogP contribution in [0.15, 0.2) is 27.9 Å². The van der Waals surface area contributed by atoms with Gasteiger partial charge in [-0.1, -0.05) is 35.7 Å². The summed E-state index contributed by atoms with van der Waals surface area (Å²) in [6.45, 7) is 4.34. The van der Waals surface area contributed by atoms with Crippen molar-refractivity contribution in [3.05, 3.63) is 33.4 Å². The summed E-state index contributed by atoms with van der Waals surface area (Å²) in [5.41, 5.74) is 1.68. The normalized spacial score (nSPS) is 18.6. The molecule has 0 spiro atoms. The minimum atomic E-state index is -0.642. The molecule has 2 heterocycles. The van der Waals surface area contributed by atoms with Crippen molar-refractivity contribution < 1.29 is 23.8 Å². The van der Waals surface area contributed by atoms with E-state index in [1.165, 1.54) is 4.90 Å². The molecule has 0 unspecified atom stereocenters. The number of hydrogen-bond donors (Lipinski definition) is 1. The molecule has 1 N–H and O–H groups in total. The first-order valence-corrected chi connectivity index (χ1v) is 9.74. The molecule has 0 aliphatic carbocycles. The van der Waals surface area contributed by atoms with Crippen LogP contribution in [0, 0.1) is 0 Å². The van der Waals surface area contributed by atoms with Gasteiger partial charge in [0.15, 0.2) is 11.5 Å². The first kappa shape index (κ1) is 19.5. The summed E-state index contributed by atoms with van der Waals surface area (Å²) in [4.78, 5) is 26.6. The number of carbonyl (C=O) groups excluding carboxylic acids is 2. The van der Waals surface area contributed by atoms with E-state index < -0.39 is 12.0 Å². The van der Waals surface area contributed by atoms with Crippen molar-refractivity contribution in [2.75, 3.05) is 20.4 Å². The lowest BCUT2D eigenvalue weighted by Gasteiger charge is -2.33. The van der Waals surface area contributed by atoms with Gasteiger partial charge in [-0.3, -0.25) is 0 Å². The van der Waals surface area contributed by atoms with Crippen molar-refractivity contribution in [2.24, 2.45) is 0 Å². The first-order valence-electron chi connectivity index (χ1n) is 8.95. The third-order valence-electron chi connectivity index (χ3n) is 4.76. The van der Waals surface area contributed by atoms with Gasteiger partial charge >= 0.3 is 12.0 Å². The third-order valence-corrected chi connectivity index (χ3v) is 5.44. The first-order chi connectivity index (χ1) is 12.9. The fourth-order valence-electron chi connectivity index (χ4n) is 3.08. The number of nitrogens with one attached hydrogen (secondary N) is 1. The van der Waals surface area contributed by atoms with Crippen molar-refractivity contribution in [1.82, 2.24) is 10.2 Å². The Kier molecular flexibility index (Phi) is 5.94. The van der Waals surface area contributed by atoms with Gasteiger partial charge < -0.3 is 24.4 Å². The van der Waals surface area contributed by atoms with Crippen LogP contribution in [0.5, 0.6) is 11.5 Å². The summed E-state index contributed by atoms with van der Waals surface area (Å²) in [7, 11) is 1.62. The number of halogens is 1. The van der Waals surface area contributed by atoms with E-state index in [0.29, 0.717) is 39.4 Å². The summed E-state index contributed by atoms with van der Waals surface area (Å²) < 4.78 is 17.0. The Bertz CT molecular complexity index is 793. The number of rotatable bonds is 6. The molecular weight excluding hydrogens is 416 g/mol. The molecule has 2 aliphatic rings. The van der Waals surface area contributed by atoms with Crippen molar-refractivity contribution >= 4 is 27.9 Å². The lowest BCUT2D eigenvalue weighted by Crippen LogP contribution is -2.46. The molecule has 27 heavy (non-hydrogen) atoms. The van der Waals surface area contributed by atoms with Crippen LogP contribution in [0.4, 0.5) is 4.79 Å². The van der Waals surface area contributed by atoms with Crippen LogP contribution in [-0.4, -0.2) is 37.3 Å². The van der Waals surface area contributed by atoms with E-state index in [-0.39, 0.29) is 12.8 Å². The van der Waals surface area contributed by atoms with E-state index >= 15 is 0 Å². The molecule has 7 nitrogen and oxygen atoms in total. The van der Waals surface area contributed by atoms with Crippen LogP contribution in [-0.2, 0) is 9.53 Å². The van der Waals surface area contributed by atoms with Gasteiger partial charge in [0.05, 0.1) is 18.2 Å². The molecule has 146 valence electrons. The van der Waals surface area contributed by atoms with Gasteiger partial charge in [0.2, 0.25) is 6.79 Å². The highest BCUT2D eigenvalue weighted by Crippen LogP contribution is 2.42. The van der Waals surface area contributed by atoms with Gasteiger partial charge in [-0.25, -0.2) is 9.59 Å². The topological polar surface area (TPSA) is 77.1 Å². The molecule has 0 saturated carbocycles. The number of benzene rings is 1.